The summed E-state index contributed by atoms with van der Waals surface area (Å²) < 4.78 is 0. The molecule has 170 valence electrons. The molecule has 3 atom stereocenters. The van der Waals surface area contributed by atoms with Gasteiger partial charge in [0.1, 0.15) is 5.65 Å². The fraction of sp³-hybridized carbons (Fsp3) is 0.348. The Labute approximate surface area is 189 Å². The molecular weight excluding hydrogens is 424 g/mol. The second-order valence-electron chi connectivity index (χ2n) is 8.55. The van der Waals surface area contributed by atoms with Crippen LogP contribution < -0.4 is 11.1 Å². The van der Waals surface area contributed by atoms with Crippen molar-refractivity contribution < 1.29 is 19.3 Å². The number of carbonyl (C=O) groups is 2. The summed E-state index contributed by atoms with van der Waals surface area (Å²) in [5.41, 5.74) is 8.21. The number of aromatic nitrogens is 2. The van der Waals surface area contributed by atoms with Gasteiger partial charge in [0.15, 0.2) is 7.11 Å². The summed E-state index contributed by atoms with van der Waals surface area (Å²) in [4.78, 5) is 51.2. The van der Waals surface area contributed by atoms with Crippen LogP contribution in [0.3, 0.4) is 0 Å². The van der Waals surface area contributed by atoms with Crippen molar-refractivity contribution in [1.82, 2.24) is 14.9 Å². The molecule has 5 rings (SSSR count). The second kappa shape index (κ2) is 8.19. The quantitative estimate of drug-likeness (QED) is 0.496. The van der Waals surface area contributed by atoms with Gasteiger partial charge in [-0.3, -0.25) is 9.59 Å². The predicted molar refractivity (Wildman–Crippen MR) is 121 cm³/mol. The van der Waals surface area contributed by atoms with Gasteiger partial charge in [0.25, 0.3) is 16.7 Å². The highest BCUT2D eigenvalue weighted by Gasteiger charge is 2.43. The lowest BCUT2D eigenvalue weighted by atomic mass is 9.95. The Hall–Kier alpha value is -3.95. The average molecular weight is 449 g/mol. The number of H-pyrrole nitrogens is 1. The van der Waals surface area contributed by atoms with E-state index in [4.69, 9.17) is 5.73 Å². The lowest BCUT2D eigenvalue weighted by molar-refractivity contribution is -0.736. The molecule has 0 saturated carbocycles. The average Bonchev–Trinajstić information content (AvgIpc) is 3.40. The van der Waals surface area contributed by atoms with Crippen molar-refractivity contribution in [3.8, 4) is 0 Å². The van der Waals surface area contributed by atoms with E-state index in [2.05, 4.69) is 20.1 Å². The lowest BCUT2D eigenvalue weighted by Crippen LogP contribution is -2.49. The Kier molecular flexibility index (Phi) is 5.20. The number of anilines is 1. The molecule has 1 aromatic carbocycles. The monoisotopic (exact) mass is 449 g/mol. The first-order valence-corrected chi connectivity index (χ1v) is 10.9. The van der Waals surface area contributed by atoms with Crippen molar-refractivity contribution in [3.05, 3.63) is 58.8 Å². The molecule has 1 unspecified atom stereocenters. The lowest BCUT2D eigenvalue weighted by Gasteiger charge is -2.39. The summed E-state index contributed by atoms with van der Waals surface area (Å²) in [6.07, 6.45) is 6.68. The number of nitrogens with two attached hydrogens (primary N) is 1. The van der Waals surface area contributed by atoms with Crippen molar-refractivity contribution in [2.24, 2.45) is 5.73 Å². The Morgan fingerprint density at radius 3 is 2.52 bits per heavy atom. The molecule has 0 aliphatic carbocycles. The number of pyridine rings is 1. The van der Waals surface area contributed by atoms with E-state index in [0.717, 1.165) is 31.1 Å². The third-order valence-corrected chi connectivity index (χ3v) is 6.66. The zero-order valence-corrected chi connectivity index (χ0v) is 18.2. The summed E-state index contributed by atoms with van der Waals surface area (Å²) in [5, 5.41) is 4.35. The van der Waals surface area contributed by atoms with Crippen LogP contribution in [0.15, 0.2) is 42.7 Å². The standard InChI is InChI=1S/C23H24N6O4/c1-33-29(32)15-4-2-13(3-5-15)23(31)28-16-6-7-17(28)11-14(10-16)27-20-18-8-9-25-22(18)26-12-19(20)21(24)30/h2-5,8-9,12,14,16-17H,6-7,10-11H2,1H3,(H3-,24,25,26,27,30,31,32)/p+1/t14?,16-,17+. The minimum absolute atomic E-state index is 0.0304. The van der Waals surface area contributed by atoms with E-state index in [9.17, 15) is 14.5 Å². The number of rotatable bonds is 6. The molecule has 2 aliphatic heterocycles. The molecule has 0 spiro atoms. The first-order chi connectivity index (χ1) is 16.0. The highest BCUT2D eigenvalue weighted by atomic mass is 16.8. The van der Waals surface area contributed by atoms with Gasteiger partial charge in [-0.05, 0) is 43.9 Å². The number of nitrogens with one attached hydrogen (secondary N) is 2. The third-order valence-electron chi connectivity index (χ3n) is 6.66. The molecule has 10 nitrogen and oxygen atoms in total. The molecule has 2 bridgehead atoms. The Morgan fingerprint density at radius 2 is 1.88 bits per heavy atom. The summed E-state index contributed by atoms with van der Waals surface area (Å²) in [5.74, 6) is -0.561. The fourth-order valence-corrected chi connectivity index (χ4v) is 5.16. The van der Waals surface area contributed by atoms with Gasteiger partial charge in [0, 0.05) is 53.6 Å². The first-order valence-electron chi connectivity index (χ1n) is 10.9. The van der Waals surface area contributed by atoms with Gasteiger partial charge in [-0.25, -0.2) is 9.82 Å². The maximum atomic E-state index is 13.3. The molecule has 3 aromatic rings. The van der Waals surface area contributed by atoms with E-state index < -0.39 is 5.91 Å². The number of amides is 2. The van der Waals surface area contributed by atoms with Crippen LogP contribution in [-0.2, 0) is 4.84 Å². The van der Waals surface area contributed by atoms with Gasteiger partial charge in [-0.1, -0.05) is 0 Å². The molecular formula is C23H25N6O4+. The van der Waals surface area contributed by atoms with E-state index in [1.807, 2.05) is 11.0 Å². The van der Waals surface area contributed by atoms with Crippen LogP contribution in [0.4, 0.5) is 11.4 Å². The van der Waals surface area contributed by atoms with Gasteiger partial charge in [-0.15, -0.1) is 0 Å². The molecule has 10 heteroatoms. The van der Waals surface area contributed by atoms with Crippen LogP contribution >= 0.6 is 0 Å². The van der Waals surface area contributed by atoms with Gasteiger partial charge in [0.2, 0.25) is 0 Å². The van der Waals surface area contributed by atoms with E-state index in [1.54, 1.807) is 30.5 Å². The molecule has 2 fully saturated rings. The summed E-state index contributed by atoms with van der Waals surface area (Å²) in [6.45, 7) is 0. The number of nitrogens with zero attached hydrogens (tertiary/aromatic N) is 3. The zero-order chi connectivity index (χ0) is 23.1. The molecule has 2 aromatic heterocycles. The number of fused-ring (bicyclic) bond motifs is 3. The van der Waals surface area contributed by atoms with E-state index in [1.165, 1.54) is 13.3 Å². The molecule has 2 amide bonds. The minimum atomic E-state index is -0.530. The zero-order valence-electron chi connectivity index (χ0n) is 18.2. The van der Waals surface area contributed by atoms with Crippen LogP contribution in [0.1, 0.15) is 46.4 Å². The van der Waals surface area contributed by atoms with Crippen LogP contribution in [0, 0.1) is 4.91 Å². The molecule has 0 radical (unpaired) electrons. The number of primary amides is 1. The molecule has 33 heavy (non-hydrogen) atoms. The number of benzene rings is 1. The smallest absolute Gasteiger partial charge is 0.316 e. The van der Waals surface area contributed by atoms with Crippen molar-refractivity contribution >= 4 is 34.2 Å². The SMILES string of the molecule is CO[N+](=O)c1ccc(C(=O)N2[C@@H]3CC[C@H]2CC(Nc2c(C(N)=O)cnc4[nH]ccc24)C3)cc1. The van der Waals surface area contributed by atoms with Gasteiger partial charge >= 0.3 is 5.69 Å². The van der Waals surface area contributed by atoms with Crippen molar-refractivity contribution in [3.63, 3.8) is 0 Å². The minimum Gasteiger partial charge on any atom is -0.381 e. The summed E-state index contributed by atoms with van der Waals surface area (Å²) >= 11 is 0. The Balaban J connectivity index is 1.34. The third kappa shape index (κ3) is 3.67. The highest BCUT2D eigenvalue weighted by molar-refractivity contribution is 6.06. The molecule has 4 N–H and O–H groups in total. The van der Waals surface area contributed by atoms with Crippen LogP contribution in [0.2, 0.25) is 0 Å². The first kappa shape index (κ1) is 20.9. The van der Waals surface area contributed by atoms with Gasteiger partial charge in [-0.2, -0.15) is 0 Å². The predicted octanol–water partition coefficient (Wildman–Crippen LogP) is 2.88. The topological polar surface area (TPSA) is 133 Å². The molecule has 4 heterocycles. The second-order valence-corrected chi connectivity index (χ2v) is 8.55. The maximum Gasteiger partial charge on any atom is 0.316 e. The maximum absolute atomic E-state index is 13.3. The van der Waals surface area contributed by atoms with Crippen LogP contribution in [0.5, 0.6) is 0 Å². The van der Waals surface area contributed by atoms with Crippen molar-refractivity contribution in [2.75, 3.05) is 12.4 Å². The molecule has 2 saturated heterocycles. The van der Waals surface area contributed by atoms with Crippen LogP contribution in [0.25, 0.3) is 11.0 Å². The van der Waals surface area contributed by atoms with E-state index in [-0.39, 0.29) is 24.0 Å². The van der Waals surface area contributed by atoms with Gasteiger partial charge < -0.3 is 20.9 Å². The number of hydrogen-bond donors (Lipinski definition) is 3. The number of piperidine rings is 1. The van der Waals surface area contributed by atoms with E-state index in [0.29, 0.717) is 33.1 Å². The van der Waals surface area contributed by atoms with Crippen molar-refractivity contribution in [1.29, 1.82) is 0 Å². The van der Waals surface area contributed by atoms with E-state index >= 15 is 0 Å². The van der Waals surface area contributed by atoms with Gasteiger partial charge in [0.05, 0.1) is 16.2 Å². The summed E-state index contributed by atoms with van der Waals surface area (Å²) in [7, 11) is 1.29. The largest absolute Gasteiger partial charge is 0.381 e. The Bertz CT molecular complexity index is 1220. The fourth-order valence-electron chi connectivity index (χ4n) is 5.16. The number of hydrogen-bond acceptors (Lipinski definition) is 6. The number of aromatic amines is 1. The Morgan fingerprint density at radius 1 is 1.18 bits per heavy atom. The molecule has 2 aliphatic rings. The van der Waals surface area contributed by atoms with Crippen molar-refractivity contribution in [2.45, 2.75) is 43.8 Å². The summed E-state index contributed by atoms with van der Waals surface area (Å²) in [6, 6.07) is 8.65. The number of carbonyl (C=O) groups excluding carboxylic acids is 2. The normalized spacial score (nSPS) is 21.7. The van der Waals surface area contributed by atoms with Crippen LogP contribution in [-0.4, -0.2) is 56.8 Å². The highest BCUT2D eigenvalue weighted by Crippen LogP contribution is 2.39.